The summed E-state index contributed by atoms with van der Waals surface area (Å²) in [5.74, 6) is -1.94. The summed E-state index contributed by atoms with van der Waals surface area (Å²) in [6, 6.07) is -0.811. The van der Waals surface area contributed by atoms with Crippen LogP contribution >= 0.6 is 0 Å². The molecule has 0 radical (unpaired) electrons. The molecule has 4 fully saturated rings. The fourth-order valence-electron chi connectivity index (χ4n) is 6.54. The third-order valence-corrected chi connectivity index (χ3v) is 8.28. The Morgan fingerprint density at radius 2 is 1.85 bits per heavy atom. The van der Waals surface area contributed by atoms with Gasteiger partial charge in [-0.2, -0.15) is 0 Å². The van der Waals surface area contributed by atoms with Gasteiger partial charge in [-0.15, -0.1) is 0 Å². The molecule has 4 aliphatic rings. The van der Waals surface area contributed by atoms with Crippen molar-refractivity contribution in [3.05, 3.63) is 0 Å². The van der Waals surface area contributed by atoms with Crippen LogP contribution in [-0.4, -0.2) is 109 Å². The smallest absolute Gasteiger partial charge is 0.245 e. The Bertz CT molecular complexity index is 789. The van der Waals surface area contributed by atoms with Crippen LogP contribution in [0.3, 0.4) is 0 Å². The molecule has 0 aromatic heterocycles. The lowest BCUT2D eigenvalue weighted by molar-refractivity contribution is -0.147. The molecule has 3 unspecified atom stereocenters. The molecule has 4 rings (SSSR count). The molecule has 4 heterocycles. The van der Waals surface area contributed by atoms with Gasteiger partial charge >= 0.3 is 0 Å². The van der Waals surface area contributed by atoms with Gasteiger partial charge < -0.3 is 30.1 Å². The first-order valence-corrected chi connectivity index (χ1v) is 12.8. The zero-order valence-corrected chi connectivity index (χ0v) is 20.7. The standard InChI is InChI=1S/C24H40N4O6/c1-4-6-25-20(30)17-18-22(32)28(8-5-12-29)19(24(18)15-16(2)23(17,3)34-24)21(31)26-7-9-27-10-13-33-14-11-27/h16-19,29H,4-15H2,1-3H3,(H,25,30)(H,26,31)/t16?,17-,18-,19?,23+,24?/m0/s1. The molecule has 3 N–H and O–H groups in total. The molecule has 0 aromatic rings. The highest BCUT2D eigenvalue weighted by molar-refractivity contribution is 5.99. The molecule has 10 heteroatoms. The number of carbonyl (C=O) groups is 3. The molecule has 2 bridgehead atoms. The van der Waals surface area contributed by atoms with Gasteiger partial charge in [0.1, 0.15) is 11.6 Å². The van der Waals surface area contributed by atoms with Crippen molar-refractivity contribution in [2.45, 2.75) is 57.3 Å². The number of ether oxygens (including phenoxy) is 2. The summed E-state index contributed by atoms with van der Waals surface area (Å²) in [6.45, 7) is 10.9. The van der Waals surface area contributed by atoms with Gasteiger partial charge in [-0.1, -0.05) is 13.8 Å². The average molecular weight is 481 g/mol. The summed E-state index contributed by atoms with van der Waals surface area (Å²) in [7, 11) is 0. The minimum Gasteiger partial charge on any atom is -0.396 e. The highest BCUT2D eigenvalue weighted by Crippen LogP contribution is 2.65. The predicted octanol–water partition coefficient (Wildman–Crippen LogP) is -0.646. The van der Waals surface area contributed by atoms with E-state index < -0.39 is 29.1 Å². The van der Waals surface area contributed by atoms with E-state index in [1.54, 1.807) is 4.90 Å². The molecule has 4 saturated heterocycles. The Balaban J connectivity index is 1.57. The number of rotatable bonds is 10. The van der Waals surface area contributed by atoms with Crippen molar-refractivity contribution < 1.29 is 29.0 Å². The molecule has 1 spiro atoms. The summed E-state index contributed by atoms with van der Waals surface area (Å²) in [6.07, 6.45) is 1.71. The first kappa shape index (κ1) is 25.3. The quantitative estimate of drug-likeness (QED) is 0.380. The fourth-order valence-corrected chi connectivity index (χ4v) is 6.54. The number of nitrogens with zero attached hydrogens (tertiary/aromatic N) is 2. The van der Waals surface area contributed by atoms with Crippen LogP contribution in [0.15, 0.2) is 0 Å². The van der Waals surface area contributed by atoms with Gasteiger partial charge in [-0.25, -0.2) is 0 Å². The molecular weight excluding hydrogens is 440 g/mol. The second-order valence-electron chi connectivity index (χ2n) is 10.3. The van der Waals surface area contributed by atoms with E-state index in [-0.39, 0.29) is 36.8 Å². The minimum absolute atomic E-state index is 0.0235. The lowest BCUT2D eigenvalue weighted by Gasteiger charge is -2.36. The van der Waals surface area contributed by atoms with Crippen molar-refractivity contribution in [3.63, 3.8) is 0 Å². The normalized spacial score (nSPS) is 37.2. The van der Waals surface area contributed by atoms with E-state index in [1.807, 2.05) is 20.8 Å². The number of likely N-dealkylation sites (tertiary alicyclic amines) is 1. The van der Waals surface area contributed by atoms with Gasteiger partial charge in [-0.05, 0) is 32.1 Å². The molecule has 0 aromatic carbocycles. The number of morpholine rings is 1. The number of hydrogen-bond acceptors (Lipinski definition) is 7. The molecule has 4 aliphatic heterocycles. The van der Waals surface area contributed by atoms with Crippen molar-refractivity contribution >= 4 is 17.7 Å². The maximum absolute atomic E-state index is 13.7. The van der Waals surface area contributed by atoms with Crippen LogP contribution in [-0.2, 0) is 23.9 Å². The Labute approximate surface area is 201 Å². The van der Waals surface area contributed by atoms with Gasteiger partial charge in [0.15, 0.2) is 0 Å². The topological polar surface area (TPSA) is 120 Å². The number of fused-ring (bicyclic) bond motifs is 1. The van der Waals surface area contributed by atoms with Crippen molar-refractivity contribution in [2.24, 2.45) is 17.8 Å². The number of nitrogens with one attached hydrogen (secondary N) is 2. The van der Waals surface area contributed by atoms with Crippen LogP contribution in [0.4, 0.5) is 0 Å². The SMILES string of the molecule is CCCNC(=O)[C@@H]1[C@H]2C(=O)N(CCCO)C(C(=O)NCCN3CCOCC3)C23CC(C)[C@@]1(C)O3. The number of hydrogen-bond donors (Lipinski definition) is 3. The maximum atomic E-state index is 13.7. The lowest BCUT2D eigenvalue weighted by Crippen LogP contribution is -2.56. The van der Waals surface area contributed by atoms with E-state index in [9.17, 15) is 19.5 Å². The van der Waals surface area contributed by atoms with Crippen LogP contribution < -0.4 is 10.6 Å². The predicted molar refractivity (Wildman–Crippen MR) is 124 cm³/mol. The maximum Gasteiger partial charge on any atom is 0.245 e. The number of aliphatic hydroxyl groups is 1. The van der Waals surface area contributed by atoms with E-state index in [4.69, 9.17) is 9.47 Å². The highest BCUT2D eigenvalue weighted by Gasteiger charge is 2.79. The molecule has 0 aliphatic carbocycles. The van der Waals surface area contributed by atoms with Gasteiger partial charge in [-0.3, -0.25) is 19.3 Å². The van der Waals surface area contributed by atoms with E-state index in [1.165, 1.54) is 0 Å². The third kappa shape index (κ3) is 4.12. The lowest BCUT2D eigenvalue weighted by atomic mass is 9.62. The third-order valence-electron chi connectivity index (χ3n) is 8.28. The summed E-state index contributed by atoms with van der Waals surface area (Å²) in [5, 5.41) is 15.4. The summed E-state index contributed by atoms with van der Waals surface area (Å²) >= 11 is 0. The zero-order valence-electron chi connectivity index (χ0n) is 20.7. The Morgan fingerprint density at radius 1 is 1.15 bits per heavy atom. The van der Waals surface area contributed by atoms with Gasteiger partial charge in [0.25, 0.3) is 0 Å². The molecule has 6 atom stereocenters. The molecule has 10 nitrogen and oxygen atoms in total. The van der Waals surface area contributed by atoms with Crippen LogP contribution in [0.5, 0.6) is 0 Å². The van der Waals surface area contributed by atoms with Crippen LogP contribution in [0, 0.1) is 17.8 Å². The van der Waals surface area contributed by atoms with Gasteiger partial charge in [0.05, 0.1) is 30.7 Å². The van der Waals surface area contributed by atoms with Crippen molar-refractivity contribution in [3.8, 4) is 0 Å². The number of amides is 3. The zero-order chi connectivity index (χ0) is 24.5. The minimum atomic E-state index is -1.03. The first-order valence-electron chi connectivity index (χ1n) is 12.8. The molecule has 0 saturated carbocycles. The van der Waals surface area contributed by atoms with Gasteiger partial charge in [0.2, 0.25) is 17.7 Å². The van der Waals surface area contributed by atoms with Crippen LogP contribution in [0.1, 0.15) is 40.0 Å². The highest BCUT2D eigenvalue weighted by atomic mass is 16.5. The molecule has 192 valence electrons. The van der Waals surface area contributed by atoms with Gasteiger partial charge in [0, 0.05) is 45.9 Å². The summed E-state index contributed by atoms with van der Waals surface area (Å²) < 4.78 is 12.0. The van der Waals surface area contributed by atoms with E-state index in [0.717, 1.165) is 19.5 Å². The molecule has 3 amide bonds. The van der Waals surface area contributed by atoms with Crippen LogP contribution in [0.25, 0.3) is 0 Å². The largest absolute Gasteiger partial charge is 0.396 e. The van der Waals surface area contributed by atoms with E-state index >= 15 is 0 Å². The molecule has 34 heavy (non-hydrogen) atoms. The Kier molecular flexibility index (Phi) is 7.52. The monoisotopic (exact) mass is 480 g/mol. The summed E-state index contributed by atoms with van der Waals surface area (Å²) in [5.41, 5.74) is -1.83. The van der Waals surface area contributed by atoms with Crippen molar-refractivity contribution in [1.29, 1.82) is 0 Å². The van der Waals surface area contributed by atoms with E-state index in [0.29, 0.717) is 45.7 Å². The number of aliphatic hydroxyl groups excluding tert-OH is 1. The Morgan fingerprint density at radius 3 is 2.53 bits per heavy atom. The molecular formula is C24H40N4O6. The summed E-state index contributed by atoms with van der Waals surface area (Å²) in [4.78, 5) is 44.4. The first-order chi connectivity index (χ1) is 16.3. The van der Waals surface area contributed by atoms with Crippen LogP contribution in [0.2, 0.25) is 0 Å². The van der Waals surface area contributed by atoms with Crippen molar-refractivity contribution in [1.82, 2.24) is 20.4 Å². The van der Waals surface area contributed by atoms with Crippen molar-refractivity contribution in [2.75, 3.05) is 59.1 Å². The fraction of sp³-hybridized carbons (Fsp3) is 0.875. The van der Waals surface area contributed by atoms with E-state index in [2.05, 4.69) is 15.5 Å². The average Bonchev–Trinajstić information content (AvgIpc) is 3.33. The number of carbonyl (C=O) groups excluding carboxylic acids is 3. The Hall–Kier alpha value is -1.75. The second-order valence-corrected chi connectivity index (χ2v) is 10.3. The second kappa shape index (κ2) is 10.1.